The zero-order valence-electron chi connectivity index (χ0n) is 11.7. The number of rotatable bonds is 7. The van der Waals surface area contributed by atoms with Gasteiger partial charge in [-0.2, -0.15) is 5.10 Å². The first kappa shape index (κ1) is 15.9. The Morgan fingerprint density at radius 1 is 1.30 bits per heavy atom. The smallest absolute Gasteiger partial charge is 0.305 e. The summed E-state index contributed by atoms with van der Waals surface area (Å²) in [7, 11) is 2.86. The van der Waals surface area contributed by atoms with Crippen LogP contribution in [-0.4, -0.2) is 35.3 Å². The summed E-state index contributed by atoms with van der Waals surface area (Å²) < 4.78 is 5.65. The number of esters is 1. The monoisotopic (exact) mass is 281 g/mol. The van der Waals surface area contributed by atoms with Crippen molar-refractivity contribution in [3.05, 3.63) is 28.2 Å². The van der Waals surface area contributed by atoms with Crippen molar-refractivity contribution in [2.24, 2.45) is 7.05 Å². The van der Waals surface area contributed by atoms with E-state index in [2.05, 4.69) is 15.2 Å². The van der Waals surface area contributed by atoms with E-state index in [4.69, 9.17) is 0 Å². The molecule has 1 heterocycles. The molecule has 7 nitrogen and oxygen atoms in total. The maximum Gasteiger partial charge on any atom is 0.305 e. The molecule has 0 bridgehead atoms. The van der Waals surface area contributed by atoms with Crippen LogP contribution in [0.4, 0.5) is 0 Å². The molecule has 0 aliphatic heterocycles. The summed E-state index contributed by atoms with van der Waals surface area (Å²) in [6.45, 7) is 0.504. The van der Waals surface area contributed by atoms with Crippen LogP contribution in [0.5, 0.6) is 0 Å². The number of nitrogens with zero attached hydrogens (tertiary/aromatic N) is 2. The Morgan fingerprint density at radius 2 is 2.05 bits per heavy atom. The van der Waals surface area contributed by atoms with Gasteiger partial charge in [0.2, 0.25) is 0 Å². The first-order chi connectivity index (χ1) is 9.54. The average molecular weight is 281 g/mol. The molecule has 0 unspecified atom stereocenters. The second-order valence-corrected chi connectivity index (χ2v) is 4.32. The van der Waals surface area contributed by atoms with Crippen molar-refractivity contribution in [2.75, 3.05) is 13.7 Å². The third-order valence-electron chi connectivity index (χ3n) is 2.76. The van der Waals surface area contributed by atoms with Gasteiger partial charge in [0.05, 0.1) is 7.11 Å². The number of carbonyl (C=O) groups is 2. The van der Waals surface area contributed by atoms with Gasteiger partial charge in [0.25, 0.3) is 11.5 Å². The lowest BCUT2D eigenvalue weighted by Crippen LogP contribution is -2.29. The zero-order chi connectivity index (χ0) is 15.0. The van der Waals surface area contributed by atoms with Crippen molar-refractivity contribution in [3.8, 4) is 0 Å². The number of ether oxygens (including phenoxy) is 1. The summed E-state index contributed by atoms with van der Waals surface area (Å²) in [6.07, 6.45) is 2.73. The number of aromatic nitrogens is 2. The summed E-state index contributed by atoms with van der Waals surface area (Å²) in [5, 5.41) is 6.57. The second-order valence-electron chi connectivity index (χ2n) is 4.32. The Morgan fingerprint density at radius 3 is 2.70 bits per heavy atom. The Hall–Kier alpha value is -2.18. The van der Waals surface area contributed by atoms with Crippen molar-refractivity contribution < 1.29 is 14.3 Å². The quantitative estimate of drug-likeness (QED) is 0.571. The molecule has 0 fully saturated rings. The normalized spacial score (nSPS) is 10.1. The van der Waals surface area contributed by atoms with Crippen molar-refractivity contribution in [2.45, 2.75) is 25.7 Å². The lowest BCUT2D eigenvalue weighted by molar-refractivity contribution is -0.140. The highest BCUT2D eigenvalue weighted by Crippen LogP contribution is 2.00. The molecule has 0 aliphatic rings. The largest absolute Gasteiger partial charge is 0.469 e. The summed E-state index contributed by atoms with van der Waals surface area (Å²) in [5.74, 6) is -0.531. The molecule has 0 atom stereocenters. The molecule has 1 N–H and O–H groups in total. The van der Waals surface area contributed by atoms with Crippen LogP contribution in [-0.2, 0) is 16.6 Å². The van der Waals surface area contributed by atoms with Gasteiger partial charge < -0.3 is 10.1 Å². The van der Waals surface area contributed by atoms with E-state index in [1.54, 1.807) is 0 Å². The van der Waals surface area contributed by atoms with E-state index >= 15 is 0 Å². The molecule has 110 valence electrons. The number of hydrogen-bond acceptors (Lipinski definition) is 5. The molecule has 0 radical (unpaired) electrons. The van der Waals surface area contributed by atoms with Gasteiger partial charge in [0, 0.05) is 26.1 Å². The molecule has 7 heteroatoms. The first-order valence-corrected chi connectivity index (χ1v) is 6.44. The van der Waals surface area contributed by atoms with Crippen molar-refractivity contribution in [1.82, 2.24) is 15.1 Å². The lowest BCUT2D eigenvalue weighted by Gasteiger charge is -2.05. The second kappa shape index (κ2) is 8.08. The third-order valence-corrected chi connectivity index (χ3v) is 2.76. The van der Waals surface area contributed by atoms with Crippen LogP contribution in [0, 0.1) is 0 Å². The Kier molecular flexibility index (Phi) is 6.42. The van der Waals surface area contributed by atoms with Crippen LogP contribution >= 0.6 is 0 Å². The van der Waals surface area contributed by atoms with E-state index in [9.17, 15) is 14.4 Å². The van der Waals surface area contributed by atoms with E-state index in [0.717, 1.165) is 23.9 Å². The van der Waals surface area contributed by atoms with E-state index in [-0.39, 0.29) is 23.1 Å². The van der Waals surface area contributed by atoms with Gasteiger partial charge in [0.1, 0.15) is 5.69 Å². The maximum absolute atomic E-state index is 11.7. The van der Waals surface area contributed by atoms with E-state index < -0.39 is 0 Å². The minimum Gasteiger partial charge on any atom is -0.469 e. The van der Waals surface area contributed by atoms with Crippen LogP contribution in [0.15, 0.2) is 16.9 Å². The van der Waals surface area contributed by atoms with E-state index in [0.29, 0.717) is 13.0 Å². The molecule has 1 aromatic rings. The van der Waals surface area contributed by atoms with Crippen molar-refractivity contribution in [1.29, 1.82) is 0 Å². The van der Waals surface area contributed by atoms with Crippen LogP contribution in [0.25, 0.3) is 0 Å². The number of aryl methyl sites for hydroxylation is 1. The fourth-order valence-electron chi connectivity index (χ4n) is 1.59. The van der Waals surface area contributed by atoms with Crippen LogP contribution < -0.4 is 10.9 Å². The minimum absolute atomic E-state index is 0.210. The summed E-state index contributed by atoms with van der Waals surface area (Å²) >= 11 is 0. The molecule has 0 aromatic carbocycles. The van der Waals surface area contributed by atoms with Gasteiger partial charge in [-0.1, -0.05) is 6.42 Å². The predicted octanol–water partition coefficient (Wildman–Crippen LogP) is 0.243. The Balaban J connectivity index is 2.25. The van der Waals surface area contributed by atoms with E-state index in [1.165, 1.54) is 26.3 Å². The third kappa shape index (κ3) is 5.21. The van der Waals surface area contributed by atoms with Crippen LogP contribution in [0.2, 0.25) is 0 Å². The summed E-state index contributed by atoms with van der Waals surface area (Å²) in [4.78, 5) is 33.7. The van der Waals surface area contributed by atoms with Crippen LogP contribution in [0.1, 0.15) is 36.2 Å². The molecular weight excluding hydrogens is 262 g/mol. The minimum atomic E-state index is -0.312. The topological polar surface area (TPSA) is 90.3 Å². The molecule has 0 saturated heterocycles. The van der Waals surface area contributed by atoms with Gasteiger partial charge >= 0.3 is 5.97 Å². The predicted molar refractivity (Wildman–Crippen MR) is 72.3 cm³/mol. The van der Waals surface area contributed by atoms with Gasteiger partial charge in [-0.15, -0.1) is 0 Å². The average Bonchev–Trinajstić information content (AvgIpc) is 2.44. The number of methoxy groups -OCH3 is 1. The van der Waals surface area contributed by atoms with Gasteiger partial charge in [-0.05, 0) is 18.9 Å². The highest BCUT2D eigenvalue weighted by molar-refractivity contribution is 5.91. The SMILES string of the molecule is COC(=O)CCCCCNC(=O)c1ccc(=O)n(C)n1. The molecule has 0 aliphatic carbocycles. The number of hydrogen-bond donors (Lipinski definition) is 1. The standard InChI is InChI=1S/C13H19N3O4/c1-16-11(17)8-7-10(15-16)13(19)14-9-5-3-4-6-12(18)20-2/h7-8H,3-6,9H2,1-2H3,(H,14,19). The Labute approximate surface area is 116 Å². The Bertz CT molecular complexity index is 525. The van der Waals surface area contributed by atoms with Crippen molar-refractivity contribution in [3.63, 3.8) is 0 Å². The molecule has 1 aromatic heterocycles. The molecule has 20 heavy (non-hydrogen) atoms. The van der Waals surface area contributed by atoms with Gasteiger partial charge in [-0.3, -0.25) is 14.4 Å². The highest BCUT2D eigenvalue weighted by atomic mass is 16.5. The lowest BCUT2D eigenvalue weighted by atomic mass is 10.2. The maximum atomic E-state index is 11.7. The molecule has 0 spiro atoms. The molecule has 0 saturated carbocycles. The summed E-state index contributed by atoms with van der Waals surface area (Å²) in [6, 6.07) is 2.70. The fraction of sp³-hybridized carbons (Fsp3) is 0.538. The molecular formula is C13H19N3O4. The zero-order valence-corrected chi connectivity index (χ0v) is 11.7. The highest BCUT2D eigenvalue weighted by Gasteiger charge is 2.07. The van der Waals surface area contributed by atoms with E-state index in [1.807, 2.05) is 0 Å². The fourth-order valence-corrected chi connectivity index (χ4v) is 1.59. The number of unbranched alkanes of at least 4 members (excludes halogenated alkanes) is 2. The number of carbonyl (C=O) groups excluding carboxylic acids is 2. The van der Waals surface area contributed by atoms with Gasteiger partial charge in [-0.25, -0.2) is 4.68 Å². The number of amides is 1. The molecule has 1 rings (SSSR count). The van der Waals surface area contributed by atoms with Crippen molar-refractivity contribution >= 4 is 11.9 Å². The summed E-state index contributed by atoms with van der Waals surface area (Å²) in [5.41, 5.74) is -0.0500. The number of nitrogens with one attached hydrogen (secondary N) is 1. The van der Waals surface area contributed by atoms with Crippen LogP contribution in [0.3, 0.4) is 0 Å². The first-order valence-electron chi connectivity index (χ1n) is 6.44. The molecule has 1 amide bonds. The van der Waals surface area contributed by atoms with Gasteiger partial charge in [0.15, 0.2) is 0 Å².